The molecule has 1 atom stereocenters. The molecule has 0 fully saturated rings. The quantitative estimate of drug-likeness (QED) is 0.894. The van der Waals surface area contributed by atoms with Gasteiger partial charge in [-0.05, 0) is 12.3 Å². The minimum atomic E-state index is -4.56. The fourth-order valence-corrected chi connectivity index (χ4v) is 1.48. The minimum absolute atomic E-state index is 0.0487. The Morgan fingerprint density at radius 2 is 2.06 bits per heavy atom. The van der Waals surface area contributed by atoms with Gasteiger partial charge in [0.1, 0.15) is 5.69 Å². The smallest absolute Gasteiger partial charge is 0.431 e. The standard InChI is InChI=1S/C11H14F3NO2/c1-4-6(2)9-10(17-3)7(16)5-8(15-9)11(12,13)14/h5-6H,4H2,1-3H3,(H,15,16)/t6-/m0/s1. The lowest BCUT2D eigenvalue weighted by molar-refractivity contribution is -0.141. The molecular weight excluding hydrogens is 235 g/mol. The van der Waals surface area contributed by atoms with Gasteiger partial charge < -0.3 is 9.72 Å². The molecule has 1 rings (SSSR count). The predicted molar refractivity (Wildman–Crippen MR) is 57.3 cm³/mol. The zero-order chi connectivity index (χ0) is 13.2. The predicted octanol–water partition coefficient (Wildman–Crippen LogP) is 2.92. The molecule has 3 nitrogen and oxygen atoms in total. The molecule has 0 unspecified atom stereocenters. The summed E-state index contributed by atoms with van der Waals surface area (Å²) in [5.74, 6) is -0.257. The molecule has 1 N–H and O–H groups in total. The molecule has 0 aliphatic rings. The highest BCUT2D eigenvalue weighted by Gasteiger charge is 2.33. The second-order valence-electron chi connectivity index (χ2n) is 3.80. The molecule has 0 spiro atoms. The number of ether oxygens (including phenoxy) is 1. The summed E-state index contributed by atoms with van der Waals surface area (Å²) in [7, 11) is 1.27. The van der Waals surface area contributed by atoms with Gasteiger partial charge in [-0.2, -0.15) is 13.2 Å². The number of rotatable bonds is 3. The average molecular weight is 249 g/mol. The summed E-state index contributed by atoms with van der Waals surface area (Å²) in [6, 6.07) is 0.519. The largest absolute Gasteiger partial charge is 0.491 e. The van der Waals surface area contributed by atoms with Gasteiger partial charge in [-0.15, -0.1) is 0 Å². The zero-order valence-electron chi connectivity index (χ0n) is 9.81. The molecule has 1 aromatic heterocycles. The Balaban J connectivity index is 3.45. The van der Waals surface area contributed by atoms with Crippen molar-refractivity contribution in [2.75, 3.05) is 7.11 Å². The van der Waals surface area contributed by atoms with Gasteiger partial charge in [-0.25, -0.2) is 0 Å². The summed E-state index contributed by atoms with van der Waals surface area (Å²) in [4.78, 5) is 13.8. The van der Waals surface area contributed by atoms with Gasteiger partial charge in [0.2, 0.25) is 5.43 Å². The summed E-state index contributed by atoms with van der Waals surface area (Å²) in [6.45, 7) is 3.55. The number of methoxy groups -OCH3 is 1. The first-order valence-corrected chi connectivity index (χ1v) is 5.19. The van der Waals surface area contributed by atoms with Crippen LogP contribution in [-0.4, -0.2) is 12.1 Å². The number of nitrogens with one attached hydrogen (secondary N) is 1. The van der Waals surface area contributed by atoms with E-state index < -0.39 is 17.3 Å². The lowest BCUT2D eigenvalue weighted by Crippen LogP contribution is -2.18. The minimum Gasteiger partial charge on any atom is -0.491 e. The van der Waals surface area contributed by atoms with Crippen LogP contribution in [0.15, 0.2) is 10.9 Å². The van der Waals surface area contributed by atoms with Gasteiger partial charge in [0.05, 0.1) is 12.8 Å². The SMILES string of the molecule is CC[C@H](C)c1[nH]c(C(F)(F)F)cc(=O)c1OC. The Bertz CT molecular complexity index is 451. The van der Waals surface area contributed by atoms with Crippen molar-refractivity contribution in [3.8, 4) is 5.75 Å². The van der Waals surface area contributed by atoms with E-state index in [4.69, 9.17) is 4.74 Å². The first kappa shape index (κ1) is 13.6. The monoisotopic (exact) mass is 249 g/mol. The number of alkyl halides is 3. The van der Waals surface area contributed by atoms with Crippen LogP contribution in [0.3, 0.4) is 0 Å². The number of aromatic amines is 1. The summed E-state index contributed by atoms with van der Waals surface area (Å²) in [6.07, 6.45) is -3.96. The summed E-state index contributed by atoms with van der Waals surface area (Å²) < 4.78 is 42.5. The summed E-state index contributed by atoms with van der Waals surface area (Å²) in [5.41, 5.74) is -1.61. The van der Waals surface area contributed by atoms with E-state index in [0.717, 1.165) is 0 Å². The second kappa shape index (κ2) is 4.81. The third-order valence-corrected chi connectivity index (χ3v) is 2.63. The summed E-state index contributed by atoms with van der Waals surface area (Å²) >= 11 is 0. The van der Waals surface area contributed by atoms with Gasteiger partial charge in [0.15, 0.2) is 5.75 Å². The van der Waals surface area contributed by atoms with Crippen molar-refractivity contribution in [3.05, 3.63) is 27.7 Å². The molecule has 0 saturated heterocycles. The third-order valence-electron chi connectivity index (χ3n) is 2.63. The van der Waals surface area contributed by atoms with E-state index in [0.29, 0.717) is 12.5 Å². The van der Waals surface area contributed by atoms with Crippen LogP contribution in [0.2, 0.25) is 0 Å². The maximum absolute atomic E-state index is 12.5. The molecule has 0 saturated carbocycles. The van der Waals surface area contributed by atoms with Crippen LogP contribution in [0.5, 0.6) is 5.75 Å². The van der Waals surface area contributed by atoms with E-state index in [-0.39, 0.29) is 17.4 Å². The molecule has 0 bridgehead atoms. The van der Waals surface area contributed by atoms with Crippen LogP contribution in [0.1, 0.15) is 37.6 Å². The van der Waals surface area contributed by atoms with Gasteiger partial charge in [0.25, 0.3) is 0 Å². The maximum Gasteiger partial charge on any atom is 0.431 e. The van der Waals surface area contributed by atoms with Crippen LogP contribution in [0, 0.1) is 0 Å². The van der Waals surface area contributed by atoms with Gasteiger partial charge in [-0.3, -0.25) is 4.79 Å². The van der Waals surface area contributed by atoms with Crippen molar-refractivity contribution < 1.29 is 17.9 Å². The topological polar surface area (TPSA) is 42.1 Å². The van der Waals surface area contributed by atoms with Crippen molar-refractivity contribution in [1.29, 1.82) is 0 Å². The fourth-order valence-electron chi connectivity index (χ4n) is 1.48. The number of hydrogen-bond acceptors (Lipinski definition) is 2. The van der Waals surface area contributed by atoms with E-state index in [9.17, 15) is 18.0 Å². The normalized spacial score (nSPS) is 13.5. The van der Waals surface area contributed by atoms with Crippen molar-refractivity contribution in [3.63, 3.8) is 0 Å². The molecule has 0 amide bonds. The molecule has 0 aromatic carbocycles. The van der Waals surface area contributed by atoms with Crippen molar-refractivity contribution in [2.45, 2.75) is 32.4 Å². The van der Waals surface area contributed by atoms with Crippen molar-refractivity contribution in [2.24, 2.45) is 0 Å². The molecule has 0 aliphatic heterocycles. The number of pyridine rings is 1. The van der Waals surface area contributed by atoms with Crippen LogP contribution < -0.4 is 10.2 Å². The van der Waals surface area contributed by atoms with Gasteiger partial charge >= 0.3 is 6.18 Å². The molecule has 0 radical (unpaired) electrons. The lowest BCUT2D eigenvalue weighted by atomic mass is 10.0. The second-order valence-corrected chi connectivity index (χ2v) is 3.80. The molecule has 1 aromatic rings. The van der Waals surface area contributed by atoms with Gasteiger partial charge in [0, 0.05) is 6.07 Å². The number of hydrogen-bond donors (Lipinski definition) is 1. The molecular formula is C11H14F3NO2. The first-order chi connectivity index (χ1) is 7.81. The Kier molecular flexibility index (Phi) is 3.85. The Labute approximate surface area is 96.6 Å². The highest BCUT2D eigenvalue weighted by molar-refractivity contribution is 5.32. The van der Waals surface area contributed by atoms with E-state index >= 15 is 0 Å². The Hall–Kier alpha value is -1.46. The molecule has 17 heavy (non-hydrogen) atoms. The highest BCUT2D eigenvalue weighted by atomic mass is 19.4. The molecule has 1 heterocycles. The van der Waals surface area contributed by atoms with Crippen molar-refractivity contribution in [1.82, 2.24) is 4.98 Å². The lowest BCUT2D eigenvalue weighted by Gasteiger charge is -2.16. The Morgan fingerprint density at radius 1 is 1.47 bits per heavy atom. The summed E-state index contributed by atoms with van der Waals surface area (Å²) in [5, 5.41) is 0. The maximum atomic E-state index is 12.5. The zero-order valence-corrected chi connectivity index (χ0v) is 9.81. The fraction of sp³-hybridized carbons (Fsp3) is 0.545. The number of halogens is 3. The van der Waals surface area contributed by atoms with Crippen LogP contribution in [0.4, 0.5) is 13.2 Å². The molecule has 6 heteroatoms. The van der Waals surface area contributed by atoms with Crippen LogP contribution in [-0.2, 0) is 6.18 Å². The van der Waals surface area contributed by atoms with Gasteiger partial charge in [-0.1, -0.05) is 13.8 Å². The number of aromatic nitrogens is 1. The highest BCUT2D eigenvalue weighted by Crippen LogP contribution is 2.31. The molecule has 96 valence electrons. The third kappa shape index (κ3) is 2.81. The first-order valence-electron chi connectivity index (χ1n) is 5.19. The van der Waals surface area contributed by atoms with E-state index in [2.05, 4.69) is 4.98 Å². The van der Waals surface area contributed by atoms with E-state index in [1.807, 2.05) is 6.92 Å². The molecule has 0 aliphatic carbocycles. The Morgan fingerprint density at radius 3 is 2.47 bits per heavy atom. The van der Waals surface area contributed by atoms with E-state index in [1.54, 1.807) is 6.92 Å². The van der Waals surface area contributed by atoms with Crippen LogP contribution in [0.25, 0.3) is 0 Å². The van der Waals surface area contributed by atoms with Crippen molar-refractivity contribution >= 4 is 0 Å². The number of H-pyrrole nitrogens is 1. The van der Waals surface area contributed by atoms with Crippen LogP contribution >= 0.6 is 0 Å². The van der Waals surface area contributed by atoms with E-state index in [1.165, 1.54) is 7.11 Å². The average Bonchev–Trinajstić information content (AvgIpc) is 2.25.